The quantitative estimate of drug-likeness (QED) is 0.770. The Morgan fingerprint density at radius 2 is 1.76 bits per heavy atom. The van der Waals surface area contributed by atoms with Crippen molar-refractivity contribution in [1.29, 1.82) is 0 Å². The van der Waals surface area contributed by atoms with Gasteiger partial charge in [-0.25, -0.2) is 0 Å². The molecule has 0 saturated heterocycles. The predicted octanol–water partition coefficient (Wildman–Crippen LogP) is 3.56. The summed E-state index contributed by atoms with van der Waals surface area (Å²) in [5.41, 5.74) is 3.03. The Morgan fingerprint density at radius 1 is 1.04 bits per heavy atom. The van der Waals surface area contributed by atoms with E-state index in [4.69, 9.17) is 9.47 Å². The average molecular weight is 342 g/mol. The highest BCUT2D eigenvalue weighted by Gasteiger charge is 2.09. The molecule has 0 aliphatic heterocycles. The summed E-state index contributed by atoms with van der Waals surface area (Å²) >= 11 is 0. The summed E-state index contributed by atoms with van der Waals surface area (Å²) in [5.74, 6) is 1.66. The first kappa shape index (κ1) is 18.8. The fraction of sp³-hybridized carbons (Fsp3) is 0.350. The molecule has 0 aliphatic rings. The third-order valence-electron chi connectivity index (χ3n) is 3.92. The Bertz CT molecular complexity index is 714. The van der Waals surface area contributed by atoms with Crippen molar-refractivity contribution in [1.82, 2.24) is 5.32 Å². The van der Waals surface area contributed by atoms with Crippen molar-refractivity contribution < 1.29 is 14.3 Å². The molecule has 2 rings (SSSR count). The van der Waals surface area contributed by atoms with Crippen molar-refractivity contribution in [3.8, 4) is 11.5 Å². The van der Waals surface area contributed by atoms with E-state index in [9.17, 15) is 4.79 Å². The fourth-order valence-electron chi connectivity index (χ4n) is 2.62. The first-order chi connectivity index (χ1) is 12.0. The summed E-state index contributed by atoms with van der Waals surface area (Å²) in [6.45, 7) is 5.03. The Balaban J connectivity index is 1.89. The minimum Gasteiger partial charge on any atom is -0.493 e. The number of rotatable bonds is 8. The van der Waals surface area contributed by atoms with Gasteiger partial charge < -0.3 is 20.1 Å². The molecule has 0 atom stereocenters. The van der Waals surface area contributed by atoms with E-state index in [-0.39, 0.29) is 12.5 Å². The smallest absolute Gasteiger partial charge is 0.238 e. The molecular weight excluding hydrogens is 316 g/mol. The molecular formula is C20H26N2O3. The number of anilines is 1. The minimum atomic E-state index is -0.0615. The zero-order valence-corrected chi connectivity index (χ0v) is 15.3. The molecule has 0 heterocycles. The van der Waals surface area contributed by atoms with Crippen LogP contribution in [0.2, 0.25) is 0 Å². The lowest BCUT2D eigenvalue weighted by molar-refractivity contribution is -0.115. The lowest BCUT2D eigenvalue weighted by Crippen LogP contribution is -2.28. The standard InChI is InChI=1S/C20H26N2O3/c1-14(2)16-7-5-6-8-17(16)22-20(23)13-21-12-15-9-10-18(24-3)19(11-15)25-4/h5-11,14,21H,12-13H2,1-4H3,(H,22,23). The number of ether oxygens (including phenoxy) is 2. The van der Waals surface area contributed by atoms with Gasteiger partial charge in [0.05, 0.1) is 20.8 Å². The topological polar surface area (TPSA) is 59.6 Å². The maximum Gasteiger partial charge on any atom is 0.238 e. The van der Waals surface area contributed by atoms with Crippen molar-refractivity contribution in [3.63, 3.8) is 0 Å². The molecule has 0 spiro atoms. The highest BCUT2D eigenvalue weighted by Crippen LogP contribution is 2.27. The third-order valence-corrected chi connectivity index (χ3v) is 3.92. The molecule has 2 N–H and O–H groups in total. The van der Waals surface area contributed by atoms with Crippen LogP contribution >= 0.6 is 0 Å². The third kappa shape index (κ3) is 5.22. The summed E-state index contributed by atoms with van der Waals surface area (Å²) in [6, 6.07) is 13.6. The van der Waals surface area contributed by atoms with Crippen LogP contribution in [0.3, 0.4) is 0 Å². The molecule has 5 heteroatoms. The van der Waals surface area contributed by atoms with Crippen LogP contribution in [-0.4, -0.2) is 26.7 Å². The highest BCUT2D eigenvalue weighted by atomic mass is 16.5. The van der Waals surface area contributed by atoms with Crippen LogP contribution in [0.5, 0.6) is 11.5 Å². The van der Waals surface area contributed by atoms with Crippen LogP contribution < -0.4 is 20.1 Å². The van der Waals surface area contributed by atoms with Gasteiger partial charge in [0.25, 0.3) is 0 Å². The number of nitrogens with one attached hydrogen (secondary N) is 2. The van der Waals surface area contributed by atoms with Gasteiger partial charge in [0.15, 0.2) is 11.5 Å². The Kier molecular flexibility index (Phi) is 6.83. The summed E-state index contributed by atoms with van der Waals surface area (Å²) < 4.78 is 10.5. The van der Waals surface area contributed by atoms with Crippen LogP contribution in [0.1, 0.15) is 30.9 Å². The van der Waals surface area contributed by atoms with E-state index in [2.05, 4.69) is 24.5 Å². The average Bonchev–Trinajstić information content (AvgIpc) is 2.61. The number of amides is 1. The number of carbonyl (C=O) groups excluding carboxylic acids is 1. The Labute approximate surface area is 149 Å². The van der Waals surface area contributed by atoms with Crippen LogP contribution in [0.25, 0.3) is 0 Å². The molecule has 0 aromatic heterocycles. The normalized spacial score (nSPS) is 10.6. The van der Waals surface area contributed by atoms with Crippen LogP contribution in [-0.2, 0) is 11.3 Å². The van der Waals surface area contributed by atoms with E-state index in [1.165, 1.54) is 0 Å². The molecule has 0 bridgehead atoms. The van der Waals surface area contributed by atoms with Crippen molar-refractivity contribution in [2.24, 2.45) is 0 Å². The summed E-state index contributed by atoms with van der Waals surface area (Å²) in [7, 11) is 3.21. The lowest BCUT2D eigenvalue weighted by Gasteiger charge is -2.14. The van der Waals surface area contributed by atoms with Gasteiger partial charge in [0.2, 0.25) is 5.91 Å². The molecule has 25 heavy (non-hydrogen) atoms. The molecule has 1 amide bonds. The maximum atomic E-state index is 12.2. The van der Waals surface area contributed by atoms with Crippen LogP contribution in [0.4, 0.5) is 5.69 Å². The first-order valence-corrected chi connectivity index (χ1v) is 8.35. The Morgan fingerprint density at radius 3 is 2.44 bits per heavy atom. The van der Waals surface area contributed by atoms with Crippen molar-refractivity contribution >= 4 is 11.6 Å². The second-order valence-electron chi connectivity index (χ2n) is 6.08. The lowest BCUT2D eigenvalue weighted by atomic mass is 10.0. The SMILES string of the molecule is COc1ccc(CNCC(=O)Nc2ccccc2C(C)C)cc1OC. The predicted molar refractivity (Wildman–Crippen MR) is 100 cm³/mol. The van der Waals surface area contributed by atoms with E-state index < -0.39 is 0 Å². The monoisotopic (exact) mass is 342 g/mol. The second kappa shape index (κ2) is 9.08. The summed E-state index contributed by atoms with van der Waals surface area (Å²) in [4.78, 5) is 12.2. The number of hydrogen-bond donors (Lipinski definition) is 2. The van der Waals surface area contributed by atoms with Crippen LogP contribution in [0, 0.1) is 0 Å². The van der Waals surface area contributed by atoms with Gasteiger partial charge in [-0.15, -0.1) is 0 Å². The van der Waals surface area contributed by atoms with E-state index in [0.29, 0.717) is 24.0 Å². The highest BCUT2D eigenvalue weighted by molar-refractivity contribution is 5.93. The molecule has 0 fully saturated rings. The van der Waals surface area contributed by atoms with E-state index >= 15 is 0 Å². The van der Waals surface area contributed by atoms with Crippen molar-refractivity contribution in [3.05, 3.63) is 53.6 Å². The fourth-order valence-corrected chi connectivity index (χ4v) is 2.62. The van der Waals surface area contributed by atoms with Crippen molar-refractivity contribution in [2.45, 2.75) is 26.3 Å². The van der Waals surface area contributed by atoms with E-state index in [0.717, 1.165) is 16.8 Å². The maximum absolute atomic E-state index is 12.2. The minimum absolute atomic E-state index is 0.0615. The van der Waals surface area contributed by atoms with E-state index in [1.54, 1.807) is 14.2 Å². The summed E-state index contributed by atoms with van der Waals surface area (Å²) in [6.07, 6.45) is 0. The first-order valence-electron chi connectivity index (χ1n) is 8.35. The van der Waals surface area contributed by atoms with E-state index in [1.807, 2.05) is 42.5 Å². The molecule has 0 aliphatic carbocycles. The molecule has 134 valence electrons. The zero-order chi connectivity index (χ0) is 18.2. The number of carbonyl (C=O) groups is 1. The largest absolute Gasteiger partial charge is 0.493 e. The Hall–Kier alpha value is -2.53. The van der Waals surface area contributed by atoms with Gasteiger partial charge >= 0.3 is 0 Å². The molecule has 0 radical (unpaired) electrons. The molecule has 2 aromatic carbocycles. The molecule has 2 aromatic rings. The zero-order valence-electron chi connectivity index (χ0n) is 15.3. The number of methoxy groups -OCH3 is 2. The molecule has 5 nitrogen and oxygen atoms in total. The van der Waals surface area contributed by atoms with Gasteiger partial charge in [0.1, 0.15) is 0 Å². The molecule has 0 saturated carbocycles. The number of hydrogen-bond acceptors (Lipinski definition) is 4. The number of para-hydroxylation sites is 1. The van der Waals surface area contributed by atoms with Crippen molar-refractivity contribution in [2.75, 3.05) is 26.1 Å². The summed E-state index contributed by atoms with van der Waals surface area (Å²) in [5, 5.41) is 6.12. The van der Waals surface area contributed by atoms with Gasteiger partial charge in [-0.1, -0.05) is 38.1 Å². The molecule has 0 unspecified atom stereocenters. The second-order valence-corrected chi connectivity index (χ2v) is 6.08. The van der Waals surface area contributed by atoms with Gasteiger partial charge in [-0.05, 0) is 35.2 Å². The number of benzene rings is 2. The van der Waals surface area contributed by atoms with Gasteiger partial charge in [-0.2, -0.15) is 0 Å². The van der Waals surface area contributed by atoms with Gasteiger partial charge in [0, 0.05) is 12.2 Å². The van der Waals surface area contributed by atoms with Crippen LogP contribution in [0.15, 0.2) is 42.5 Å². The van der Waals surface area contributed by atoms with Gasteiger partial charge in [-0.3, -0.25) is 4.79 Å².